The number of carbonyl (C=O) groups excluding carboxylic acids is 1. The van der Waals surface area contributed by atoms with Crippen molar-refractivity contribution < 1.29 is 31.5 Å². The van der Waals surface area contributed by atoms with Gasteiger partial charge < -0.3 is 9.47 Å². The zero-order valence-electron chi connectivity index (χ0n) is 14.2. The number of sulfonamides is 1. The Morgan fingerprint density at radius 2 is 1.85 bits per heavy atom. The molecule has 0 aliphatic carbocycles. The van der Waals surface area contributed by atoms with Gasteiger partial charge in [-0.05, 0) is 35.9 Å². The minimum Gasteiger partial charge on any atom is -0.457 e. The van der Waals surface area contributed by atoms with Crippen molar-refractivity contribution in [2.24, 2.45) is 0 Å². The molecule has 0 aromatic heterocycles. The summed E-state index contributed by atoms with van der Waals surface area (Å²) in [6.45, 7) is 0.456. The number of benzene rings is 2. The lowest BCUT2D eigenvalue weighted by molar-refractivity contribution is 0.0472. The second kappa shape index (κ2) is 8.12. The normalized spacial score (nSPS) is 15.5. The zero-order valence-corrected chi connectivity index (χ0v) is 15.0. The molecule has 0 radical (unpaired) electrons. The molecular weight excluding hydrogens is 380 g/mol. The van der Waals surface area contributed by atoms with Crippen LogP contribution in [0.15, 0.2) is 47.4 Å². The zero-order chi connectivity index (χ0) is 19.4. The van der Waals surface area contributed by atoms with E-state index in [-0.39, 0.29) is 38.5 Å². The number of carbonyl (C=O) groups is 1. The highest BCUT2D eigenvalue weighted by molar-refractivity contribution is 7.89. The minimum atomic E-state index is -4.10. The highest BCUT2D eigenvalue weighted by atomic mass is 32.2. The molecule has 0 atom stereocenters. The topological polar surface area (TPSA) is 72.9 Å². The third-order valence-corrected chi connectivity index (χ3v) is 5.93. The van der Waals surface area contributed by atoms with Crippen LogP contribution in [-0.2, 0) is 26.1 Å². The summed E-state index contributed by atoms with van der Waals surface area (Å²) in [6.07, 6.45) is 0. The molecule has 1 aliphatic heterocycles. The van der Waals surface area contributed by atoms with E-state index in [1.54, 1.807) is 6.07 Å². The number of ether oxygens (including phenoxy) is 2. The Hall–Kier alpha value is -2.36. The van der Waals surface area contributed by atoms with Crippen molar-refractivity contribution >= 4 is 16.0 Å². The maximum absolute atomic E-state index is 14.1. The molecule has 6 nitrogen and oxygen atoms in total. The van der Waals surface area contributed by atoms with Gasteiger partial charge in [0, 0.05) is 13.1 Å². The van der Waals surface area contributed by atoms with Crippen LogP contribution in [-0.4, -0.2) is 45.0 Å². The van der Waals surface area contributed by atoms with E-state index >= 15 is 0 Å². The molecule has 1 saturated heterocycles. The lowest BCUT2D eigenvalue weighted by Crippen LogP contribution is -2.41. The van der Waals surface area contributed by atoms with E-state index in [1.807, 2.05) is 0 Å². The Morgan fingerprint density at radius 1 is 1.11 bits per heavy atom. The largest absolute Gasteiger partial charge is 0.457 e. The summed E-state index contributed by atoms with van der Waals surface area (Å²) in [4.78, 5) is 11.6. The third-order valence-electron chi connectivity index (χ3n) is 4.01. The van der Waals surface area contributed by atoms with Crippen LogP contribution in [0.1, 0.15) is 15.9 Å². The summed E-state index contributed by atoms with van der Waals surface area (Å²) in [5.74, 6) is -2.26. The van der Waals surface area contributed by atoms with Crippen molar-refractivity contribution in [1.82, 2.24) is 4.31 Å². The molecule has 3 rings (SSSR count). The number of nitrogens with zero attached hydrogens (tertiary/aromatic N) is 1. The van der Waals surface area contributed by atoms with Crippen molar-refractivity contribution in [3.63, 3.8) is 0 Å². The van der Waals surface area contributed by atoms with Gasteiger partial charge in [0.15, 0.2) is 0 Å². The Labute approximate surface area is 155 Å². The number of hydrogen-bond acceptors (Lipinski definition) is 5. The molecule has 0 amide bonds. The average Bonchev–Trinajstić information content (AvgIpc) is 2.67. The van der Waals surface area contributed by atoms with Gasteiger partial charge >= 0.3 is 5.97 Å². The third kappa shape index (κ3) is 4.49. The molecule has 0 unspecified atom stereocenters. The number of hydrogen-bond donors (Lipinski definition) is 0. The molecule has 0 saturated carbocycles. The molecule has 27 heavy (non-hydrogen) atoms. The number of esters is 1. The molecule has 144 valence electrons. The van der Waals surface area contributed by atoms with E-state index in [4.69, 9.17) is 9.47 Å². The predicted octanol–water partition coefficient (Wildman–Crippen LogP) is 2.34. The first kappa shape index (κ1) is 19.4. The van der Waals surface area contributed by atoms with Crippen LogP contribution >= 0.6 is 0 Å². The molecule has 2 aromatic rings. The van der Waals surface area contributed by atoms with E-state index in [0.29, 0.717) is 5.56 Å². The number of halogens is 2. The number of morpholine rings is 1. The number of rotatable bonds is 5. The maximum atomic E-state index is 14.1. The fourth-order valence-corrected chi connectivity index (χ4v) is 4.11. The Balaban J connectivity index is 1.79. The monoisotopic (exact) mass is 397 g/mol. The fourth-order valence-electron chi connectivity index (χ4n) is 2.61. The molecular formula is C18H17F2NO5S. The molecule has 1 heterocycles. The summed E-state index contributed by atoms with van der Waals surface area (Å²) in [5.41, 5.74) is 0.325. The van der Waals surface area contributed by atoms with Gasteiger partial charge in [-0.25, -0.2) is 22.0 Å². The van der Waals surface area contributed by atoms with Gasteiger partial charge in [0.05, 0.1) is 18.8 Å². The van der Waals surface area contributed by atoms with Crippen molar-refractivity contribution in [2.75, 3.05) is 26.3 Å². The standard InChI is InChI=1S/C18H17F2NO5S/c19-15-3-1-2-13(10-15)12-26-18(22)14-4-5-16(20)17(11-14)27(23,24)21-6-8-25-9-7-21/h1-5,10-11H,6-9,12H2. The van der Waals surface area contributed by atoms with Crippen LogP contribution in [0, 0.1) is 11.6 Å². The van der Waals surface area contributed by atoms with Crippen LogP contribution in [0.25, 0.3) is 0 Å². The Kier molecular flexibility index (Phi) is 5.83. The Morgan fingerprint density at radius 3 is 2.56 bits per heavy atom. The molecule has 1 fully saturated rings. The Bertz CT molecular complexity index is 943. The first-order valence-corrected chi connectivity index (χ1v) is 9.61. The van der Waals surface area contributed by atoms with E-state index < -0.39 is 32.5 Å². The molecule has 0 bridgehead atoms. The van der Waals surface area contributed by atoms with Crippen molar-refractivity contribution in [3.05, 3.63) is 65.2 Å². The van der Waals surface area contributed by atoms with Crippen molar-refractivity contribution in [3.8, 4) is 0 Å². The maximum Gasteiger partial charge on any atom is 0.338 e. The molecule has 0 N–H and O–H groups in total. The summed E-state index contributed by atoms with van der Waals surface area (Å²) in [6, 6.07) is 8.53. The van der Waals surface area contributed by atoms with Crippen molar-refractivity contribution in [2.45, 2.75) is 11.5 Å². The predicted molar refractivity (Wildman–Crippen MR) is 91.5 cm³/mol. The highest BCUT2D eigenvalue weighted by Gasteiger charge is 2.30. The van der Waals surface area contributed by atoms with E-state index in [2.05, 4.69) is 0 Å². The second-order valence-electron chi connectivity index (χ2n) is 5.87. The van der Waals surface area contributed by atoms with Crippen LogP contribution in [0.4, 0.5) is 8.78 Å². The summed E-state index contributed by atoms with van der Waals surface area (Å²) >= 11 is 0. The first-order valence-electron chi connectivity index (χ1n) is 8.17. The van der Waals surface area contributed by atoms with Gasteiger partial charge in [-0.3, -0.25) is 0 Å². The van der Waals surface area contributed by atoms with Gasteiger partial charge in [-0.2, -0.15) is 4.31 Å². The second-order valence-corrected chi connectivity index (χ2v) is 7.77. The first-order chi connectivity index (χ1) is 12.9. The lowest BCUT2D eigenvalue weighted by atomic mass is 10.2. The van der Waals surface area contributed by atoms with Gasteiger partial charge in [-0.15, -0.1) is 0 Å². The lowest BCUT2D eigenvalue weighted by Gasteiger charge is -2.26. The van der Waals surface area contributed by atoms with Gasteiger partial charge in [-0.1, -0.05) is 12.1 Å². The van der Waals surface area contributed by atoms with Crippen LogP contribution in [0.5, 0.6) is 0 Å². The molecule has 9 heteroatoms. The minimum absolute atomic E-state index is 0.107. The molecule has 1 aliphatic rings. The van der Waals surface area contributed by atoms with Crippen LogP contribution in [0.3, 0.4) is 0 Å². The highest BCUT2D eigenvalue weighted by Crippen LogP contribution is 2.22. The van der Waals surface area contributed by atoms with Gasteiger partial charge in [0.1, 0.15) is 23.1 Å². The van der Waals surface area contributed by atoms with E-state index in [1.165, 1.54) is 18.2 Å². The summed E-state index contributed by atoms with van der Waals surface area (Å²) in [7, 11) is -4.10. The summed E-state index contributed by atoms with van der Waals surface area (Å²) in [5, 5.41) is 0. The van der Waals surface area contributed by atoms with Crippen LogP contribution < -0.4 is 0 Å². The summed E-state index contributed by atoms with van der Waals surface area (Å²) < 4.78 is 63.9. The van der Waals surface area contributed by atoms with E-state index in [9.17, 15) is 22.0 Å². The molecule has 2 aromatic carbocycles. The van der Waals surface area contributed by atoms with Gasteiger partial charge in [0.2, 0.25) is 10.0 Å². The smallest absolute Gasteiger partial charge is 0.338 e. The quantitative estimate of drug-likeness (QED) is 0.725. The molecule has 0 spiro atoms. The van der Waals surface area contributed by atoms with Gasteiger partial charge in [0.25, 0.3) is 0 Å². The van der Waals surface area contributed by atoms with Crippen molar-refractivity contribution in [1.29, 1.82) is 0 Å². The average molecular weight is 397 g/mol. The van der Waals surface area contributed by atoms with E-state index in [0.717, 1.165) is 22.5 Å². The van der Waals surface area contributed by atoms with Crippen LogP contribution in [0.2, 0.25) is 0 Å². The SMILES string of the molecule is O=C(OCc1cccc(F)c1)c1ccc(F)c(S(=O)(=O)N2CCOCC2)c1. The fraction of sp³-hybridized carbons (Fsp3) is 0.278.